The largest absolute Gasteiger partial charge is 0.465 e. The van der Waals surface area contributed by atoms with Gasteiger partial charge in [0.25, 0.3) is 0 Å². The second-order valence-corrected chi connectivity index (χ2v) is 7.82. The molecule has 0 aromatic rings. The molecule has 0 saturated heterocycles. The molecule has 23 heavy (non-hydrogen) atoms. The molecule has 3 aliphatic rings. The van der Waals surface area contributed by atoms with Gasteiger partial charge < -0.3 is 9.47 Å². The van der Waals surface area contributed by atoms with Crippen LogP contribution in [0.25, 0.3) is 0 Å². The van der Waals surface area contributed by atoms with Crippen LogP contribution in [0.1, 0.15) is 52.4 Å². The van der Waals surface area contributed by atoms with E-state index in [-0.39, 0.29) is 35.8 Å². The Kier molecular flexibility index (Phi) is 5.08. The number of rotatable bonds is 5. The summed E-state index contributed by atoms with van der Waals surface area (Å²) in [6.45, 7) is 4.56. The lowest BCUT2D eigenvalue weighted by Crippen LogP contribution is -2.36. The lowest BCUT2D eigenvalue weighted by Gasteiger charge is -2.29. The normalized spacial score (nSPS) is 35.5. The minimum atomic E-state index is -0.0902. The van der Waals surface area contributed by atoms with Gasteiger partial charge in [-0.25, -0.2) is 0 Å². The summed E-state index contributed by atoms with van der Waals surface area (Å²) in [5.74, 6) is 0.810. The third-order valence-electron chi connectivity index (χ3n) is 5.48. The van der Waals surface area contributed by atoms with E-state index in [4.69, 9.17) is 9.47 Å². The predicted octanol–water partition coefficient (Wildman–Crippen LogP) is 3.50. The smallest absolute Gasteiger partial charge is 0.309 e. The van der Waals surface area contributed by atoms with E-state index in [1.807, 2.05) is 13.8 Å². The van der Waals surface area contributed by atoms with Gasteiger partial charge in [0.15, 0.2) is 0 Å². The van der Waals surface area contributed by atoms with Gasteiger partial charge in [-0.3, -0.25) is 9.59 Å². The van der Waals surface area contributed by atoms with Crippen LogP contribution in [0.3, 0.4) is 0 Å². The van der Waals surface area contributed by atoms with Gasteiger partial charge in [-0.2, -0.15) is 0 Å². The lowest BCUT2D eigenvalue weighted by molar-refractivity contribution is -0.164. The molecule has 0 aromatic heterocycles. The Bertz CT molecular complexity index is 482. The molecule has 4 heteroatoms. The van der Waals surface area contributed by atoms with Gasteiger partial charge >= 0.3 is 11.9 Å². The number of fused-ring (bicyclic) bond motifs is 2. The van der Waals surface area contributed by atoms with E-state index in [9.17, 15) is 9.59 Å². The molecule has 0 spiro atoms. The van der Waals surface area contributed by atoms with Gasteiger partial charge in [0.05, 0.1) is 18.4 Å². The molecule has 4 nitrogen and oxygen atoms in total. The zero-order valence-electron chi connectivity index (χ0n) is 14.2. The minimum absolute atomic E-state index is 0.00506. The summed E-state index contributed by atoms with van der Waals surface area (Å²) < 4.78 is 11.2. The second kappa shape index (κ2) is 7.06. The third kappa shape index (κ3) is 3.78. The molecule has 3 aliphatic carbocycles. The highest BCUT2D eigenvalue weighted by Gasteiger charge is 2.51. The monoisotopic (exact) mass is 320 g/mol. The Hall–Kier alpha value is -1.32. The Balaban J connectivity index is 1.54. The molecule has 5 unspecified atom stereocenters. The molecule has 5 atom stereocenters. The highest BCUT2D eigenvalue weighted by Crippen LogP contribution is 2.50. The molecular weight excluding hydrogens is 292 g/mol. The van der Waals surface area contributed by atoms with Crippen molar-refractivity contribution in [1.82, 2.24) is 0 Å². The fourth-order valence-electron chi connectivity index (χ4n) is 4.30. The van der Waals surface area contributed by atoms with E-state index >= 15 is 0 Å². The fraction of sp³-hybridized carbons (Fsp3) is 0.789. The first-order valence-corrected chi connectivity index (χ1v) is 9.06. The van der Waals surface area contributed by atoms with Gasteiger partial charge in [0.1, 0.15) is 6.10 Å². The summed E-state index contributed by atoms with van der Waals surface area (Å²) in [4.78, 5) is 24.7. The molecule has 2 bridgehead atoms. The van der Waals surface area contributed by atoms with Gasteiger partial charge in [0.2, 0.25) is 0 Å². The molecule has 0 amide bonds. The maximum atomic E-state index is 12.3. The summed E-state index contributed by atoms with van der Waals surface area (Å²) in [7, 11) is 0. The highest BCUT2D eigenvalue weighted by atomic mass is 16.5. The summed E-state index contributed by atoms with van der Waals surface area (Å²) in [6, 6.07) is 0. The van der Waals surface area contributed by atoms with Gasteiger partial charge in [0, 0.05) is 5.92 Å². The molecule has 0 heterocycles. The quantitative estimate of drug-likeness (QED) is 0.575. The van der Waals surface area contributed by atoms with E-state index in [1.165, 1.54) is 0 Å². The standard InChI is InChI=1S/C19H28O4/c1-12(2)11-22-19(21)16-9-13-8-15(16)17(10-13)23-18(20)14-6-4-3-5-7-14/h3-4,12-17H,5-11H2,1-2H3. The van der Waals surface area contributed by atoms with Crippen LogP contribution in [0.4, 0.5) is 0 Å². The zero-order chi connectivity index (χ0) is 16.4. The molecule has 0 N–H and O–H groups in total. The number of carbonyl (C=O) groups is 2. The van der Waals surface area contributed by atoms with Crippen LogP contribution in [0.2, 0.25) is 0 Å². The summed E-state index contributed by atoms with van der Waals surface area (Å²) >= 11 is 0. The molecule has 2 fully saturated rings. The summed E-state index contributed by atoms with van der Waals surface area (Å²) in [5.41, 5.74) is 0. The molecule has 0 aromatic carbocycles. The van der Waals surface area contributed by atoms with Gasteiger partial charge in [-0.15, -0.1) is 0 Å². The average Bonchev–Trinajstić information content (AvgIpc) is 3.13. The van der Waals surface area contributed by atoms with Crippen molar-refractivity contribution in [3.05, 3.63) is 12.2 Å². The number of esters is 2. The number of ether oxygens (including phenoxy) is 2. The first kappa shape index (κ1) is 16.5. The number of hydrogen-bond donors (Lipinski definition) is 0. The van der Waals surface area contributed by atoms with Crippen LogP contribution >= 0.6 is 0 Å². The van der Waals surface area contributed by atoms with Crippen LogP contribution in [0.5, 0.6) is 0 Å². The molecular formula is C19H28O4. The van der Waals surface area contributed by atoms with E-state index in [0.29, 0.717) is 18.4 Å². The molecule has 128 valence electrons. The zero-order valence-corrected chi connectivity index (χ0v) is 14.2. The maximum absolute atomic E-state index is 12.3. The van der Waals surface area contributed by atoms with Crippen LogP contribution < -0.4 is 0 Å². The van der Waals surface area contributed by atoms with Crippen molar-refractivity contribution in [2.45, 2.75) is 58.5 Å². The average molecular weight is 320 g/mol. The van der Waals surface area contributed by atoms with Crippen LogP contribution in [-0.4, -0.2) is 24.6 Å². The Labute approximate surface area is 138 Å². The fourth-order valence-corrected chi connectivity index (χ4v) is 4.30. The van der Waals surface area contributed by atoms with E-state index < -0.39 is 0 Å². The van der Waals surface area contributed by atoms with Crippen molar-refractivity contribution >= 4 is 11.9 Å². The highest BCUT2D eigenvalue weighted by molar-refractivity contribution is 5.75. The molecule has 2 saturated carbocycles. The van der Waals surface area contributed by atoms with Crippen LogP contribution in [0.15, 0.2) is 12.2 Å². The van der Waals surface area contributed by atoms with Crippen LogP contribution in [0, 0.1) is 29.6 Å². The Morgan fingerprint density at radius 2 is 1.96 bits per heavy atom. The third-order valence-corrected chi connectivity index (χ3v) is 5.48. The van der Waals surface area contributed by atoms with Crippen LogP contribution in [-0.2, 0) is 19.1 Å². The van der Waals surface area contributed by atoms with E-state index in [1.54, 1.807) is 0 Å². The Morgan fingerprint density at radius 3 is 2.61 bits per heavy atom. The van der Waals surface area contributed by atoms with Crippen molar-refractivity contribution in [2.75, 3.05) is 6.61 Å². The van der Waals surface area contributed by atoms with Crippen molar-refractivity contribution in [2.24, 2.45) is 29.6 Å². The maximum Gasteiger partial charge on any atom is 0.309 e. The van der Waals surface area contributed by atoms with Crippen molar-refractivity contribution in [1.29, 1.82) is 0 Å². The molecule has 0 radical (unpaired) electrons. The second-order valence-electron chi connectivity index (χ2n) is 7.82. The summed E-state index contributed by atoms with van der Waals surface area (Å²) in [6.07, 6.45) is 9.59. The first-order chi connectivity index (χ1) is 11.0. The Morgan fingerprint density at radius 1 is 1.13 bits per heavy atom. The van der Waals surface area contributed by atoms with E-state index in [0.717, 1.165) is 38.5 Å². The molecule has 0 aliphatic heterocycles. The summed E-state index contributed by atoms with van der Waals surface area (Å²) in [5, 5.41) is 0. The van der Waals surface area contributed by atoms with Crippen molar-refractivity contribution in [3.63, 3.8) is 0 Å². The molecule has 3 rings (SSSR count). The topological polar surface area (TPSA) is 52.6 Å². The number of hydrogen-bond acceptors (Lipinski definition) is 4. The van der Waals surface area contributed by atoms with Crippen molar-refractivity contribution < 1.29 is 19.1 Å². The minimum Gasteiger partial charge on any atom is -0.465 e. The predicted molar refractivity (Wildman–Crippen MR) is 86.5 cm³/mol. The van der Waals surface area contributed by atoms with Gasteiger partial charge in [-0.05, 0) is 50.4 Å². The lowest BCUT2D eigenvalue weighted by atomic mass is 9.86. The number of allylic oxidation sites excluding steroid dienone is 2. The van der Waals surface area contributed by atoms with Crippen molar-refractivity contribution in [3.8, 4) is 0 Å². The number of carbonyl (C=O) groups excluding carboxylic acids is 2. The SMILES string of the molecule is CC(C)COC(=O)C1CC2CC(OC(=O)C3CC=CCC3)C1C2. The van der Waals surface area contributed by atoms with Gasteiger partial charge in [-0.1, -0.05) is 26.0 Å². The van der Waals surface area contributed by atoms with E-state index in [2.05, 4.69) is 12.2 Å². The first-order valence-electron chi connectivity index (χ1n) is 9.06.